The number of nitrogens with zero attached hydrogens (tertiary/aromatic N) is 2. The Balaban J connectivity index is 1.28. The van der Waals surface area contributed by atoms with Crippen LogP contribution in [-0.4, -0.2) is 89.1 Å². The molecule has 10 rings (SSSR count). The fourth-order valence-electron chi connectivity index (χ4n) is 9.57. The largest absolute Gasteiger partial charge is 0.504 e. The van der Waals surface area contributed by atoms with Crippen LogP contribution in [0.2, 0.25) is 0 Å². The Hall–Kier alpha value is -4.01. The van der Waals surface area contributed by atoms with Crippen molar-refractivity contribution in [3.8, 4) is 28.7 Å². The monoisotopic (exact) mass is 715 g/mol. The van der Waals surface area contributed by atoms with Crippen LogP contribution < -0.4 is 24.3 Å². The molecular formula is C38H41N3O9S. The maximum Gasteiger partial charge on any atom is 0.324 e. The smallest absolute Gasteiger partial charge is 0.324 e. The number of aliphatic hydroxyl groups excluding tert-OH is 1. The normalized spacial score (nSPS) is 31.5. The molecule has 2 saturated heterocycles. The van der Waals surface area contributed by atoms with E-state index in [1.807, 2.05) is 51.2 Å². The first-order valence-electron chi connectivity index (χ1n) is 17.4. The van der Waals surface area contributed by atoms with Gasteiger partial charge in [-0.2, -0.15) is 0 Å². The number of piperazine rings is 1. The number of carbonyl (C=O) groups excluding carboxylic acids is 2. The van der Waals surface area contributed by atoms with Gasteiger partial charge < -0.3 is 33.9 Å². The van der Waals surface area contributed by atoms with Crippen LogP contribution in [0.3, 0.4) is 0 Å². The zero-order valence-corrected chi connectivity index (χ0v) is 29.9. The summed E-state index contributed by atoms with van der Waals surface area (Å²) in [6.07, 6.45) is -0.736. The molecule has 13 heteroatoms. The van der Waals surface area contributed by atoms with Crippen LogP contribution in [0.25, 0.3) is 0 Å². The van der Waals surface area contributed by atoms with Crippen LogP contribution in [-0.2, 0) is 32.8 Å². The summed E-state index contributed by atoms with van der Waals surface area (Å²) in [4.78, 5) is 31.1. The van der Waals surface area contributed by atoms with Crippen molar-refractivity contribution in [1.29, 1.82) is 0 Å². The molecule has 268 valence electrons. The lowest BCUT2D eigenvalue weighted by Gasteiger charge is -2.62. The molecule has 0 aromatic heterocycles. The Kier molecular flexibility index (Phi) is 7.58. The molecule has 6 aliphatic heterocycles. The molecule has 1 spiro atoms. The van der Waals surface area contributed by atoms with Gasteiger partial charge in [0.1, 0.15) is 24.1 Å². The molecule has 3 aromatic carbocycles. The number of esters is 2. The van der Waals surface area contributed by atoms with Gasteiger partial charge in [-0.15, -0.1) is 11.8 Å². The van der Waals surface area contributed by atoms with Gasteiger partial charge in [-0.05, 0) is 44.0 Å². The highest BCUT2D eigenvalue weighted by atomic mass is 32.2. The van der Waals surface area contributed by atoms with E-state index < -0.39 is 47.2 Å². The summed E-state index contributed by atoms with van der Waals surface area (Å²) >= 11 is 1.54. The molecule has 51 heavy (non-hydrogen) atoms. The van der Waals surface area contributed by atoms with Gasteiger partial charge in [0.25, 0.3) is 0 Å². The number of hydrogen-bond acceptors (Lipinski definition) is 13. The molecule has 7 aliphatic rings. The van der Waals surface area contributed by atoms with Gasteiger partial charge in [-0.1, -0.05) is 36.4 Å². The van der Waals surface area contributed by atoms with Crippen molar-refractivity contribution in [3.63, 3.8) is 0 Å². The molecule has 3 aromatic rings. The van der Waals surface area contributed by atoms with Crippen molar-refractivity contribution in [2.75, 3.05) is 26.7 Å². The van der Waals surface area contributed by atoms with Crippen molar-refractivity contribution in [2.45, 2.75) is 87.4 Å². The Labute approximate surface area is 299 Å². The topological polar surface area (TPSA) is 139 Å². The zero-order valence-electron chi connectivity index (χ0n) is 29.1. The van der Waals surface area contributed by atoms with Crippen LogP contribution in [0.5, 0.6) is 28.7 Å². The molecule has 0 amide bonds. The summed E-state index contributed by atoms with van der Waals surface area (Å²) < 4.78 is 30.5. The Bertz CT molecular complexity index is 1980. The number of aryl methyl sites for hydroxylation is 1. The molecule has 0 radical (unpaired) electrons. The number of rotatable bonds is 5. The Morgan fingerprint density at radius 3 is 2.65 bits per heavy atom. The fourth-order valence-corrected chi connectivity index (χ4v) is 11.1. The van der Waals surface area contributed by atoms with Crippen LogP contribution in [0.1, 0.15) is 63.6 Å². The maximum absolute atomic E-state index is 14.0. The first-order chi connectivity index (χ1) is 24.6. The number of methoxy groups -OCH3 is 1. The standard InChI is InChI=1S/C38H41N3O9S/c1-17-11-21-12-23-36(44)41-29(28(40(23)4)25(21)30(43)31(17)46-5)35-26-27(34-33(47-16-48-34)18(2)32(26)49-19(3)42)38(41)13-24(38)50-37(45)22(15-51-35)39-14-20-9-7-6-8-10-20/h6-11,22-24,28-29,35-36,39,43-44H,12-16H2,1-5H3/t22-,23-,24?,28+,29?,35+,36-,38?/m0/s1. The first kappa shape index (κ1) is 32.9. The minimum Gasteiger partial charge on any atom is -0.504 e. The average Bonchev–Trinajstić information content (AvgIpc) is 3.54. The molecule has 3 N–H and O–H groups in total. The van der Waals surface area contributed by atoms with Gasteiger partial charge in [-0.3, -0.25) is 24.7 Å². The van der Waals surface area contributed by atoms with Crippen LogP contribution in [0.15, 0.2) is 36.4 Å². The lowest BCUT2D eigenvalue weighted by molar-refractivity contribution is -0.189. The van der Waals surface area contributed by atoms with E-state index in [2.05, 4.69) is 21.2 Å². The number of fused-ring (bicyclic) bond motifs is 9. The lowest BCUT2D eigenvalue weighted by Crippen LogP contribution is -2.71. The predicted octanol–water partition coefficient (Wildman–Crippen LogP) is 3.74. The second-order valence-electron chi connectivity index (χ2n) is 14.5. The summed E-state index contributed by atoms with van der Waals surface area (Å²) in [6, 6.07) is 10.1. The van der Waals surface area contributed by atoms with Crippen molar-refractivity contribution < 1.29 is 43.5 Å². The van der Waals surface area contributed by atoms with E-state index in [1.165, 1.54) is 6.92 Å². The van der Waals surface area contributed by atoms with Gasteiger partial charge in [-0.25, -0.2) is 0 Å². The van der Waals surface area contributed by atoms with Crippen molar-refractivity contribution >= 4 is 23.7 Å². The third kappa shape index (κ3) is 4.61. The lowest BCUT2D eigenvalue weighted by atomic mass is 9.72. The molecule has 1 aliphatic carbocycles. The third-order valence-electron chi connectivity index (χ3n) is 11.7. The van der Waals surface area contributed by atoms with E-state index in [0.29, 0.717) is 53.7 Å². The van der Waals surface area contributed by atoms with Gasteiger partial charge in [0.05, 0.1) is 30.0 Å². The third-order valence-corrected chi connectivity index (χ3v) is 13.1. The number of phenolic OH excluding ortho intramolecular Hbond substituents is 1. The van der Waals surface area contributed by atoms with Crippen LogP contribution >= 0.6 is 11.8 Å². The van der Waals surface area contributed by atoms with Gasteiger partial charge >= 0.3 is 11.9 Å². The highest BCUT2D eigenvalue weighted by molar-refractivity contribution is 7.99. The number of phenols is 1. The molecule has 12 nitrogen and oxygen atoms in total. The average molecular weight is 716 g/mol. The molecule has 8 atom stereocenters. The SMILES string of the molecule is COc1c(C)cc2c(c1O)[C@@H]1C3[C@@H]4SC[C@H](NCc5ccccc5)C(=O)OC5CC5(c5c6c(c(C)c(OC(C)=O)c54)OCO6)N3[C@@H](O)[C@H](C2)N1C. The Morgan fingerprint density at radius 2 is 1.90 bits per heavy atom. The molecule has 3 unspecified atom stereocenters. The molecule has 6 heterocycles. The molecule has 1 saturated carbocycles. The second-order valence-corrected chi connectivity index (χ2v) is 15.6. The summed E-state index contributed by atoms with van der Waals surface area (Å²) in [7, 11) is 3.55. The highest BCUT2D eigenvalue weighted by Crippen LogP contribution is 2.71. The highest BCUT2D eigenvalue weighted by Gasteiger charge is 2.74. The number of aromatic hydroxyl groups is 1. The first-order valence-corrected chi connectivity index (χ1v) is 18.4. The van der Waals surface area contributed by atoms with Gasteiger partial charge in [0.15, 0.2) is 23.0 Å². The number of thioether (sulfide) groups is 1. The minimum absolute atomic E-state index is 0.0175. The fraction of sp³-hybridized carbons (Fsp3) is 0.474. The summed E-state index contributed by atoms with van der Waals surface area (Å²) in [5.74, 6) is 1.38. The molecule has 3 fully saturated rings. The quantitative estimate of drug-likeness (QED) is 0.262. The number of carbonyl (C=O) groups is 2. The molecule has 4 bridgehead atoms. The van der Waals surface area contributed by atoms with E-state index >= 15 is 0 Å². The van der Waals surface area contributed by atoms with E-state index in [-0.39, 0.29) is 24.6 Å². The van der Waals surface area contributed by atoms with E-state index in [1.54, 1.807) is 18.9 Å². The van der Waals surface area contributed by atoms with E-state index in [9.17, 15) is 19.8 Å². The Morgan fingerprint density at radius 1 is 1.14 bits per heavy atom. The van der Waals surface area contributed by atoms with Crippen molar-refractivity contribution in [3.05, 3.63) is 75.3 Å². The van der Waals surface area contributed by atoms with Crippen molar-refractivity contribution in [1.82, 2.24) is 15.1 Å². The molecular weight excluding hydrogens is 674 g/mol. The zero-order chi connectivity index (χ0) is 35.5. The number of aliphatic hydroxyl groups is 1. The van der Waals surface area contributed by atoms with E-state index in [0.717, 1.165) is 33.4 Å². The minimum atomic E-state index is -1.02. The van der Waals surface area contributed by atoms with Gasteiger partial charge in [0.2, 0.25) is 6.79 Å². The maximum atomic E-state index is 14.0. The number of benzene rings is 3. The summed E-state index contributed by atoms with van der Waals surface area (Å²) in [5, 5.41) is 27.5. The summed E-state index contributed by atoms with van der Waals surface area (Å²) in [5.41, 5.74) is 4.67. The number of likely N-dealkylation sites (N-methyl/N-ethyl adjacent to an activating group) is 1. The van der Waals surface area contributed by atoms with Crippen LogP contribution in [0.4, 0.5) is 0 Å². The summed E-state index contributed by atoms with van der Waals surface area (Å²) in [6.45, 7) is 5.60. The number of nitrogens with one attached hydrogen (secondary N) is 1. The number of hydrogen-bond donors (Lipinski definition) is 3. The van der Waals surface area contributed by atoms with E-state index in [4.69, 9.17) is 23.7 Å². The van der Waals surface area contributed by atoms with Gasteiger partial charge in [0, 0.05) is 53.9 Å². The predicted molar refractivity (Wildman–Crippen MR) is 186 cm³/mol. The van der Waals surface area contributed by atoms with Crippen LogP contribution in [0, 0.1) is 13.8 Å². The number of ether oxygens (including phenoxy) is 5. The second kappa shape index (κ2) is 11.8. The van der Waals surface area contributed by atoms with Crippen molar-refractivity contribution in [2.24, 2.45) is 0 Å².